The normalized spacial score (nSPS) is 18.7. The third kappa shape index (κ3) is 3.88. The van der Waals surface area contributed by atoms with E-state index in [0.717, 1.165) is 43.1 Å². The number of nitrogens with zero attached hydrogens (tertiary/aromatic N) is 7. The van der Waals surface area contributed by atoms with E-state index in [0.29, 0.717) is 25.3 Å². The summed E-state index contributed by atoms with van der Waals surface area (Å²) in [5, 5.41) is 0. The van der Waals surface area contributed by atoms with Crippen molar-refractivity contribution in [2.45, 2.75) is 18.9 Å². The summed E-state index contributed by atoms with van der Waals surface area (Å²) in [6.07, 6.45) is 5.48. The number of aromatic nitrogens is 3. The van der Waals surface area contributed by atoms with E-state index in [9.17, 15) is 9.59 Å². The maximum absolute atomic E-state index is 13.5. The Balaban J connectivity index is 1.40. The molecule has 3 amide bonds. The number of likely N-dealkylation sites (tertiary alicyclic amines) is 1. The fourth-order valence-electron chi connectivity index (χ4n) is 4.80. The first-order valence-corrected chi connectivity index (χ1v) is 11.4. The van der Waals surface area contributed by atoms with Gasteiger partial charge in [-0.15, -0.1) is 0 Å². The number of anilines is 1. The Hall–Kier alpha value is -3.62. The molecule has 5 heterocycles. The third-order valence-corrected chi connectivity index (χ3v) is 6.50. The van der Waals surface area contributed by atoms with Crippen LogP contribution in [0.1, 0.15) is 35.2 Å². The van der Waals surface area contributed by atoms with Gasteiger partial charge >= 0.3 is 6.03 Å². The quantitative estimate of drug-likeness (QED) is 0.617. The Morgan fingerprint density at radius 2 is 1.79 bits per heavy atom. The van der Waals surface area contributed by atoms with Crippen molar-refractivity contribution in [2.24, 2.45) is 0 Å². The van der Waals surface area contributed by atoms with Crippen molar-refractivity contribution in [3.63, 3.8) is 0 Å². The lowest BCUT2D eigenvalue weighted by molar-refractivity contribution is 0.0743. The number of amides is 3. The molecule has 1 atom stereocenters. The SMILES string of the molecule is CN(C)C(=O)N1CCC[C@H]1c1nc(C(=O)N2CCN(c3ccccn3)CC2)c2ccccn12. The van der Waals surface area contributed by atoms with Gasteiger partial charge in [0.05, 0.1) is 11.6 Å². The molecule has 0 radical (unpaired) electrons. The standard InChI is InChI=1S/C24H29N7O2/c1-27(2)24(33)31-13-7-9-19(31)22-26-21(18-8-4-6-12-30(18)22)23(32)29-16-14-28(15-17-29)20-10-3-5-11-25-20/h3-6,8,10-12,19H,7,9,13-17H2,1-2H3/t19-/m0/s1. The second kappa shape index (κ2) is 8.73. The van der Waals surface area contributed by atoms with Crippen LogP contribution in [0.5, 0.6) is 0 Å². The van der Waals surface area contributed by atoms with Gasteiger partial charge in [-0.2, -0.15) is 0 Å². The smallest absolute Gasteiger partial charge is 0.320 e. The predicted molar refractivity (Wildman–Crippen MR) is 125 cm³/mol. The fraction of sp³-hybridized carbons (Fsp3) is 0.417. The van der Waals surface area contributed by atoms with Crippen molar-refractivity contribution in [1.29, 1.82) is 0 Å². The summed E-state index contributed by atoms with van der Waals surface area (Å²) in [6, 6.07) is 11.5. The van der Waals surface area contributed by atoms with Crippen LogP contribution in [-0.2, 0) is 0 Å². The van der Waals surface area contributed by atoms with Crippen LogP contribution in [0.2, 0.25) is 0 Å². The van der Waals surface area contributed by atoms with Gasteiger partial charge in [-0.05, 0) is 37.1 Å². The molecule has 0 aliphatic carbocycles. The molecule has 0 N–H and O–H groups in total. The zero-order valence-electron chi connectivity index (χ0n) is 19.1. The highest BCUT2D eigenvalue weighted by Crippen LogP contribution is 2.33. The van der Waals surface area contributed by atoms with E-state index >= 15 is 0 Å². The maximum Gasteiger partial charge on any atom is 0.320 e. The van der Waals surface area contributed by atoms with Crippen LogP contribution in [0.4, 0.5) is 10.6 Å². The summed E-state index contributed by atoms with van der Waals surface area (Å²) < 4.78 is 1.98. The van der Waals surface area contributed by atoms with Crippen molar-refractivity contribution >= 4 is 23.3 Å². The van der Waals surface area contributed by atoms with E-state index in [4.69, 9.17) is 4.98 Å². The summed E-state index contributed by atoms with van der Waals surface area (Å²) in [7, 11) is 3.53. The number of urea groups is 1. The molecule has 3 aromatic rings. The van der Waals surface area contributed by atoms with Crippen LogP contribution < -0.4 is 4.90 Å². The average Bonchev–Trinajstić information content (AvgIpc) is 3.48. The molecule has 5 rings (SSSR count). The average molecular weight is 448 g/mol. The van der Waals surface area contributed by atoms with E-state index < -0.39 is 0 Å². The largest absolute Gasteiger partial charge is 0.353 e. The summed E-state index contributed by atoms with van der Waals surface area (Å²) in [5.74, 6) is 1.63. The van der Waals surface area contributed by atoms with Crippen molar-refractivity contribution in [3.05, 3.63) is 60.3 Å². The first-order chi connectivity index (χ1) is 16.0. The number of fused-ring (bicyclic) bond motifs is 1. The lowest BCUT2D eigenvalue weighted by Crippen LogP contribution is -2.49. The zero-order chi connectivity index (χ0) is 22.9. The van der Waals surface area contributed by atoms with Crippen LogP contribution in [0, 0.1) is 0 Å². The van der Waals surface area contributed by atoms with Crippen molar-refractivity contribution in [2.75, 3.05) is 51.7 Å². The van der Waals surface area contributed by atoms with Gasteiger partial charge in [0.25, 0.3) is 5.91 Å². The lowest BCUT2D eigenvalue weighted by atomic mass is 10.2. The molecule has 2 aliphatic heterocycles. The highest BCUT2D eigenvalue weighted by atomic mass is 16.2. The topological polar surface area (TPSA) is 77.3 Å². The van der Waals surface area contributed by atoms with E-state index in [2.05, 4.69) is 9.88 Å². The van der Waals surface area contributed by atoms with Crippen molar-refractivity contribution in [3.8, 4) is 0 Å². The molecule has 2 saturated heterocycles. The van der Waals surface area contributed by atoms with E-state index in [1.165, 1.54) is 0 Å². The molecule has 0 aromatic carbocycles. The minimum Gasteiger partial charge on any atom is -0.353 e. The Labute approximate surface area is 193 Å². The molecular formula is C24H29N7O2. The minimum atomic E-state index is -0.141. The van der Waals surface area contributed by atoms with Crippen molar-refractivity contribution in [1.82, 2.24) is 29.1 Å². The minimum absolute atomic E-state index is 0.0244. The highest BCUT2D eigenvalue weighted by Gasteiger charge is 2.35. The third-order valence-electron chi connectivity index (χ3n) is 6.50. The Bertz CT molecular complexity index is 1150. The van der Waals surface area contributed by atoms with Gasteiger partial charge < -0.3 is 24.0 Å². The molecule has 3 aromatic heterocycles. The molecule has 0 saturated carbocycles. The Kier molecular flexibility index (Phi) is 5.62. The second-order valence-corrected chi connectivity index (χ2v) is 8.77. The predicted octanol–water partition coefficient (Wildman–Crippen LogP) is 2.51. The number of carbonyl (C=O) groups is 2. The molecule has 33 heavy (non-hydrogen) atoms. The monoisotopic (exact) mass is 447 g/mol. The van der Waals surface area contributed by atoms with Crippen LogP contribution in [-0.4, -0.2) is 87.8 Å². The molecule has 2 fully saturated rings. The second-order valence-electron chi connectivity index (χ2n) is 8.77. The van der Waals surface area contributed by atoms with Crippen LogP contribution in [0.3, 0.4) is 0 Å². The van der Waals surface area contributed by atoms with Gasteiger partial charge in [0, 0.05) is 59.2 Å². The number of rotatable bonds is 3. The molecule has 9 nitrogen and oxygen atoms in total. The molecule has 172 valence electrons. The van der Waals surface area contributed by atoms with Gasteiger partial charge in [-0.25, -0.2) is 14.8 Å². The number of pyridine rings is 2. The molecule has 0 spiro atoms. The number of hydrogen-bond acceptors (Lipinski definition) is 5. The van der Waals surface area contributed by atoms with E-state index in [1.54, 1.807) is 25.2 Å². The summed E-state index contributed by atoms with van der Waals surface area (Å²) >= 11 is 0. The number of imidazole rings is 1. The Morgan fingerprint density at radius 1 is 1.00 bits per heavy atom. The van der Waals surface area contributed by atoms with E-state index in [1.807, 2.05) is 56.8 Å². The van der Waals surface area contributed by atoms with Crippen LogP contribution in [0.15, 0.2) is 48.8 Å². The lowest BCUT2D eigenvalue weighted by Gasteiger charge is -2.35. The van der Waals surface area contributed by atoms with E-state index in [-0.39, 0.29) is 18.0 Å². The summed E-state index contributed by atoms with van der Waals surface area (Å²) in [5.41, 5.74) is 1.25. The van der Waals surface area contributed by atoms with Crippen LogP contribution in [0.25, 0.3) is 5.52 Å². The number of piperazine rings is 1. The van der Waals surface area contributed by atoms with Gasteiger partial charge in [0.15, 0.2) is 5.69 Å². The van der Waals surface area contributed by atoms with Gasteiger partial charge in [-0.3, -0.25) is 4.79 Å². The highest BCUT2D eigenvalue weighted by molar-refractivity contribution is 5.99. The molecule has 0 bridgehead atoms. The molecular weight excluding hydrogens is 418 g/mol. The maximum atomic E-state index is 13.5. The van der Waals surface area contributed by atoms with Crippen LogP contribution >= 0.6 is 0 Å². The fourth-order valence-corrected chi connectivity index (χ4v) is 4.80. The van der Waals surface area contributed by atoms with Gasteiger partial charge in [-0.1, -0.05) is 12.1 Å². The molecule has 2 aliphatic rings. The number of hydrogen-bond donors (Lipinski definition) is 0. The Morgan fingerprint density at radius 3 is 2.52 bits per heavy atom. The van der Waals surface area contributed by atoms with Crippen molar-refractivity contribution < 1.29 is 9.59 Å². The van der Waals surface area contributed by atoms with Gasteiger partial charge in [0.1, 0.15) is 11.6 Å². The first kappa shape index (κ1) is 21.2. The first-order valence-electron chi connectivity index (χ1n) is 11.4. The summed E-state index contributed by atoms with van der Waals surface area (Å²) in [4.78, 5) is 43.1. The molecule has 0 unspecified atom stereocenters. The number of carbonyl (C=O) groups excluding carboxylic acids is 2. The molecule has 9 heteroatoms. The van der Waals surface area contributed by atoms with Gasteiger partial charge in [0.2, 0.25) is 0 Å². The summed E-state index contributed by atoms with van der Waals surface area (Å²) in [6.45, 7) is 3.39. The zero-order valence-corrected chi connectivity index (χ0v) is 19.1.